The van der Waals surface area contributed by atoms with Crippen LogP contribution < -0.4 is 15.8 Å². The Bertz CT molecular complexity index is 477. The number of pyridine rings is 1. The van der Waals surface area contributed by atoms with Crippen molar-refractivity contribution in [2.75, 3.05) is 17.7 Å². The third-order valence-electron chi connectivity index (χ3n) is 4.36. The lowest BCUT2D eigenvalue weighted by Crippen LogP contribution is -2.32. The molecule has 2 atom stereocenters. The standard InChI is InChI=1S/C16H25N3O2/c17-12-8-9-15(19-16(12)21-10-11-6-7-11)18-13-4-2-1-3-5-14(13)20/h8-9,11,13-14,20H,1-7,10,17H2,(H,18,19). The second-order valence-electron chi connectivity index (χ2n) is 6.30. The van der Waals surface area contributed by atoms with Gasteiger partial charge in [0.1, 0.15) is 5.82 Å². The van der Waals surface area contributed by atoms with Crippen LogP contribution in [0.4, 0.5) is 11.5 Å². The maximum atomic E-state index is 10.2. The molecule has 21 heavy (non-hydrogen) atoms. The fourth-order valence-corrected chi connectivity index (χ4v) is 2.77. The van der Waals surface area contributed by atoms with Gasteiger partial charge in [-0.15, -0.1) is 0 Å². The zero-order chi connectivity index (χ0) is 14.7. The lowest BCUT2D eigenvalue weighted by atomic mass is 10.1. The van der Waals surface area contributed by atoms with Gasteiger partial charge in [-0.1, -0.05) is 19.3 Å². The van der Waals surface area contributed by atoms with Crippen molar-refractivity contribution in [3.05, 3.63) is 12.1 Å². The Hall–Kier alpha value is -1.49. The number of nitrogen functional groups attached to an aromatic ring is 1. The van der Waals surface area contributed by atoms with Crippen molar-refractivity contribution in [1.29, 1.82) is 0 Å². The van der Waals surface area contributed by atoms with Crippen molar-refractivity contribution in [2.45, 2.75) is 57.1 Å². The molecule has 5 heteroatoms. The van der Waals surface area contributed by atoms with Crippen LogP contribution in [-0.2, 0) is 0 Å². The van der Waals surface area contributed by atoms with E-state index in [1.54, 1.807) is 0 Å². The normalized spacial score (nSPS) is 26.1. The van der Waals surface area contributed by atoms with Gasteiger partial charge < -0.3 is 20.9 Å². The lowest BCUT2D eigenvalue weighted by Gasteiger charge is -2.22. The monoisotopic (exact) mass is 291 g/mol. The summed E-state index contributed by atoms with van der Waals surface area (Å²) in [6.07, 6.45) is 7.46. The maximum Gasteiger partial charge on any atom is 0.239 e. The summed E-state index contributed by atoms with van der Waals surface area (Å²) in [5.41, 5.74) is 6.49. The number of ether oxygens (including phenoxy) is 1. The molecule has 2 unspecified atom stereocenters. The molecule has 0 aromatic carbocycles. The SMILES string of the molecule is Nc1ccc(NC2CCCCCC2O)nc1OCC1CC1. The first-order chi connectivity index (χ1) is 10.2. The zero-order valence-electron chi connectivity index (χ0n) is 12.4. The summed E-state index contributed by atoms with van der Waals surface area (Å²) in [6.45, 7) is 0.701. The highest BCUT2D eigenvalue weighted by Crippen LogP contribution is 2.31. The number of nitrogens with one attached hydrogen (secondary N) is 1. The van der Waals surface area contributed by atoms with Crippen molar-refractivity contribution in [3.8, 4) is 5.88 Å². The number of hydrogen-bond donors (Lipinski definition) is 3. The molecule has 0 radical (unpaired) electrons. The van der Waals surface area contributed by atoms with E-state index in [1.165, 1.54) is 19.3 Å². The van der Waals surface area contributed by atoms with Crippen LogP contribution in [0.25, 0.3) is 0 Å². The second-order valence-corrected chi connectivity index (χ2v) is 6.30. The van der Waals surface area contributed by atoms with E-state index in [2.05, 4.69) is 10.3 Å². The number of hydrogen-bond acceptors (Lipinski definition) is 5. The van der Waals surface area contributed by atoms with Crippen molar-refractivity contribution >= 4 is 11.5 Å². The summed E-state index contributed by atoms with van der Waals surface area (Å²) in [5, 5.41) is 13.5. The number of aliphatic hydroxyl groups is 1. The fourth-order valence-electron chi connectivity index (χ4n) is 2.77. The molecule has 116 valence electrons. The summed E-state index contributed by atoms with van der Waals surface area (Å²) in [4.78, 5) is 4.46. The smallest absolute Gasteiger partial charge is 0.239 e. The van der Waals surface area contributed by atoms with Gasteiger partial charge in [-0.25, -0.2) is 0 Å². The fraction of sp³-hybridized carbons (Fsp3) is 0.688. The molecule has 0 spiro atoms. The van der Waals surface area contributed by atoms with Crippen molar-refractivity contribution in [2.24, 2.45) is 5.92 Å². The minimum Gasteiger partial charge on any atom is -0.476 e. The predicted molar refractivity (Wildman–Crippen MR) is 83.4 cm³/mol. The average Bonchev–Trinajstić information content (AvgIpc) is 3.30. The molecule has 2 aliphatic carbocycles. The van der Waals surface area contributed by atoms with Crippen LogP contribution in [0.3, 0.4) is 0 Å². The van der Waals surface area contributed by atoms with Crippen molar-refractivity contribution < 1.29 is 9.84 Å². The Morgan fingerprint density at radius 3 is 2.81 bits per heavy atom. The van der Waals surface area contributed by atoms with Gasteiger partial charge in [0.15, 0.2) is 0 Å². The number of aliphatic hydroxyl groups excluding tert-OH is 1. The van der Waals surface area contributed by atoms with E-state index in [0.29, 0.717) is 24.1 Å². The van der Waals surface area contributed by atoms with Crippen LogP contribution in [0, 0.1) is 5.92 Å². The first-order valence-corrected chi connectivity index (χ1v) is 8.06. The van der Waals surface area contributed by atoms with Crippen molar-refractivity contribution in [3.63, 3.8) is 0 Å². The zero-order valence-corrected chi connectivity index (χ0v) is 12.4. The molecular formula is C16H25N3O2. The lowest BCUT2D eigenvalue weighted by molar-refractivity contribution is 0.144. The minimum absolute atomic E-state index is 0.0694. The number of anilines is 2. The molecule has 1 aromatic rings. The van der Waals surface area contributed by atoms with E-state index in [1.807, 2.05) is 12.1 Å². The van der Waals surface area contributed by atoms with Crippen LogP contribution >= 0.6 is 0 Å². The summed E-state index contributed by atoms with van der Waals surface area (Å²) >= 11 is 0. The highest BCUT2D eigenvalue weighted by molar-refractivity contribution is 5.54. The molecule has 0 bridgehead atoms. The Morgan fingerprint density at radius 1 is 1.19 bits per heavy atom. The number of nitrogens with two attached hydrogens (primary N) is 1. The van der Waals surface area contributed by atoms with Crippen LogP contribution in [0.15, 0.2) is 12.1 Å². The van der Waals surface area contributed by atoms with Gasteiger partial charge in [-0.05, 0) is 43.7 Å². The van der Waals surface area contributed by atoms with Crippen LogP contribution in [-0.4, -0.2) is 28.8 Å². The van der Waals surface area contributed by atoms with Crippen LogP contribution in [0.2, 0.25) is 0 Å². The molecule has 2 saturated carbocycles. The van der Waals surface area contributed by atoms with Crippen LogP contribution in [0.1, 0.15) is 44.9 Å². The van der Waals surface area contributed by atoms with Gasteiger partial charge in [0.25, 0.3) is 0 Å². The Morgan fingerprint density at radius 2 is 2.00 bits per heavy atom. The van der Waals surface area contributed by atoms with E-state index in [4.69, 9.17) is 10.5 Å². The van der Waals surface area contributed by atoms with Gasteiger partial charge in [0, 0.05) is 0 Å². The largest absolute Gasteiger partial charge is 0.476 e. The van der Waals surface area contributed by atoms with E-state index in [0.717, 1.165) is 31.5 Å². The predicted octanol–water partition coefficient (Wildman–Crippen LogP) is 2.56. The first-order valence-electron chi connectivity index (χ1n) is 8.06. The molecule has 3 rings (SSSR count). The topological polar surface area (TPSA) is 80.4 Å². The summed E-state index contributed by atoms with van der Waals surface area (Å²) < 4.78 is 5.70. The first kappa shape index (κ1) is 14.4. The number of rotatable bonds is 5. The third kappa shape index (κ3) is 4.00. The molecular weight excluding hydrogens is 266 g/mol. The summed E-state index contributed by atoms with van der Waals surface area (Å²) in [7, 11) is 0. The van der Waals surface area contributed by atoms with Crippen molar-refractivity contribution in [1.82, 2.24) is 4.98 Å². The average molecular weight is 291 g/mol. The second kappa shape index (κ2) is 6.52. The molecule has 4 N–H and O–H groups in total. The van der Waals surface area contributed by atoms with E-state index in [-0.39, 0.29) is 12.1 Å². The molecule has 1 heterocycles. The van der Waals surface area contributed by atoms with Gasteiger partial charge in [-0.3, -0.25) is 0 Å². The molecule has 1 aromatic heterocycles. The summed E-state index contributed by atoms with van der Waals surface area (Å²) in [6, 6.07) is 3.75. The molecule has 5 nitrogen and oxygen atoms in total. The number of nitrogens with zero attached hydrogens (tertiary/aromatic N) is 1. The highest BCUT2D eigenvalue weighted by atomic mass is 16.5. The Labute approximate surface area is 125 Å². The highest BCUT2D eigenvalue weighted by Gasteiger charge is 2.24. The third-order valence-corrected chi connectivity index (χ3v) is 4.36. The van der Waals surface area contributed by atoms with Gasteiger partial charge >= 0.3 is 0 Å². The molecule has 0 saturated heterocycles. The molecule has 0 amide bonds. The van der Waals surface area contributed by atoms with E-state index < -0.39 is 0 Å². The molecule has 0 aliphatic heterocycles. The van der Waals surface area contributed by atoms with E-state index >= 15 is 0 Å². The van der Waals surface area contributed by atoms with E-state index in [9.17, 15) is 5.11 Å². The summed E-state index contributed by atoms with van der Waals surface area (Å²) in [5.74, 6) is 1.92. The molecule has 2 fully saturated rings. The molecule has 2 aliphatic rings. The Kier molecular flexibility index (Phi) is 4.48. The number of aromatic nitrogens is 1. The van der Waals surface area contributed by atoms with Gasteiger partial charge in [-0.2, -0.15) is 4.98 Å². The van der Waals surface area contributed by atoms with Crippen LogP contribution in [0.5, 0.6) is 5.88 Å². The van der Waals surface area contributed by atoms with Gasteiger partial charge in [0.2, 0.25) is 5.88 Å². The quantitative estimate of drug-likeness (QED) is 0.726. The Balaban J connectivity index is 1.64. The minimum atomic E-state index is -0.303. The maximum absolute atomic E-state index is 10.2. The van der Waals surface area contributed by atoms with Gasteiger partial charge in [0.05, 0.1) is 24.4 Å².